The normalized spacial score (nSPS) is 14.3. The molecule has 0 unspecified atom stereocenters. The molecule has 1 heterocycles. The molecule has 0 spiro atoms. The molecule has 1 saturated heterocycles. The second kappa shape index (κ2) is 13.3. The van der Waals surface area contributed by atoms with E-state index in [-0.39, 0.29) is 5.78 Å². The van der Waals surface area contributed by atoms with Crippen LogP contribution in [-0.4, -0.2) is 30.3 Å². The highest BCUT2D eigenvalue weighted by Gasteiger charge is 2.08. The van der Waals surface area contributed by atoms with Gasteiger partial charge >= 0.3 is 0 Å². The molecule has 1 aliphatic rings. The topological polar surface area (TPSA) is 20.3 Å². The van der Waals surface area contributed by atoms with Crippen molar-refractivity contribution in [3.05, 3.63) is 71.8 Å². The summed E-state index contributed by atoms with van der Waals surface area (Å²) in [5, 5.41) is 0. The molecule has 0 aromatic heterocycles. The van der Waals surface area contributed by atoms with Gasteiger partial charge in [-0.05, 0) is 63.7 Å². The third kappa shape index (κ3) is 9.01. The largest absolute Gasteiger partial charge is 0.303 e. The summed E-state index contributed by atoms with van der Waals surface area (Å²) in [6, 6.07) is 20.3. The number of benzene rings is 2. The van der Waals surface area contributed by atoms with Crippen molar-refractivity contribution in [2.24, 2.45) is 0 Å². The first-order chi connectivity index (χ1) is 13.3. The monoisotopic (exact) mass is 365 g/mol. The minimum atomic E-state index is 0.244. The number of hydrogen-bond acceptors (Lipinski definition) is 2. The van der Waals surface area contributed by atoms with Crippen LogP contribution in [0.1, 0.15) is 67.8 Å². The summed E-state index contributed by atoms with van der Waals surface area (Å²) >= 11 is 0. The Hall–Kier alpha value is -1.93. The number of carbonyl (C=O) groups excluding carboxylic acids is 1. The number of piperidine rings is 1. The van der Waals surface area contributed by atoms with Gasteiger partial charge in [0.05, 0.1) is 0 Å². The second-order valence-electron chi connectivity index (χ2n) is 7.38. The van der Waals surface area contributed by atoms with E-state index >= 15 is 0 Å². The van der Waals surface area contributed by atoms with E-state index in [0.29, 0.717) is 6.42 Å². The Morgan fingerprint density at radius 1 is 0.852 bits per heavy atom. The number of unbranched alkanes of at least 4 members (excludes halogenated alkanes) is 1. The van der Waals surface area contributed by atoms with Crippen molar-refractivity contribution in [3.8, 4) is 0 Å². The quantitative estimate of drug-likeness (QED) is 0.412. The molecule has 2 nitrogen and oxygen atoms in total. The molecule has 0 N–H and O–H groups in total. The zero-order valence-corrected chi connectivity index (χ0v) is 16.9. The summed E-state index contributed by atoms with van der Waals surface area (Å²) in [6.45, 7) is 6.00. The number of nitrogens with zero attached hydrogens (tertiary/aromatic N) is 1. The van der Waals surface area contributed by atoms with E-state index in [1.54, 1.807) is 0 Å². The molecule has 0 atom stereocenters. The first-order valence-corrected chi connectivity index (χ1v) is 10.6. The van der Waals surface area contributed by atoms with Gasteiger partial charge in [0, 0.05) is 12.0 Å². The molecule has 2 aromatic rings. The standard InChI is InChI=1S/C15H23N.C10H12O/c1-3-9-15(10-4-1)11-5-8-14-16-12-6-2-7-13-16;1-2-6-10(11)9-7-4-3-5-8-9/h1,3-4,9-10H,2,5-8,11-14H2;3-5,7-8H,2,6H2,1H3. The van der Waals surface area contributed by atoms with Crippen LogP contribution in [0.2, 0.25) is 0 Å². The van der Waals surface area contributed by atoms with E-state index in [2.05, 4.69) is 35.2 Å². The highest BCUT2D eigenvalue weighted by molar-refractivity contribution is 5.95. The molecule has 3 rings (SSSR count). The SMILES string of the molecule is CCCC(=O)c1ccccc1.c1ccc(CCCCN2CCCCC2)cc1. The van der Waals surface area contributed by atoms with Gasteiger partial charge in [-0.15, -0.1) is 0 Å². The predicted octanol–water partition coefficient (Wildman–Crippen LogP) is 6.16. The second-order valence-corrected chi connectivity index (χ2v) is 7.38. The first-order valence-electron chi connectivity index (χ1n) is 10.6. The molecule has 2 heteroatoms. The molecule has 0 saturated carbocycles. The molecular weight excluding hydrogens is 330 g/mol. The lowest BCUT2D eigenvalue weighted by atomic mass is 10.1. The van der Waals surface area contributed by atoms with Gasteiger partial charge in [-0.1, -0.05) is 74.0 Å². The first kappa shape index (κ1) is 21.4. The van der Waals surface area contributed by atoms with E-state index in [9.17, 15) is 4.79 Å². The number of rotatable bonds is 8. The molecule has 1 fully saturated rings. The van der Waals surface area contributed by atoms with Crippen molar-refractivity contribution in [3.63, 3.8) is 0 Å². The van der Waals surface area contributed by atoms with Crippen LogP contribution < -0.4 is 0 Å². The Morgan fingerprint density at radius 3 is 2.11 bits per heavy atom. The van der Waals surface area contributed by atoms with Crippen molar-refractivity contribution in [2.45, 2.75) is 58.3 Å². The van der Waals surface area contributed by atoms with Gasteiger partial charge in [0.2, 0.25) is 0 Å². The maximum Gasteiger partial charge on any atom is 0.162 e. The van der Waals surface area contributed by atoms with E-state index in [1.807, 2.05) is 37.3 Å². The van der Waals surface area contributed by atoms with Crippen LogP contribution in [0.3, 0.4) is 0 Å². The third-order valence-electron chi connectivity index (χ3n) is 5.05. The fraction of sp³-hybridized carbons (Fsp3) is 0.480. The highest BCUT2D eigenvalue weighted by atomic mass is 16.1. The Kier molecular flexibility index (Phi) is 10.5. The summed E-state index contributed by atoms with van der Waals surface area (Å²) in [6.07, 6.45) is 9.79. The molecule has 0 radical (unpaired) electrons. The van der Waals surface area contributed by atoms with Crippen LogP contribution in [-0.2, 0) is 6.42 Å². The Morgan fingerprint density at radius 2 is 1.48 bits per heavy atom. The third-order valence-corrected chi connectivity index (χ3v) is 5.05. The zero-order valence-electron chi connectivity index (χ0n) is 16.9. The van der Waals surface area contributed by atoms with Crippen LogP contribution in [0, 0.1) is 0 Å². The average Bonchev–Trinajstić information content (AvgIpc) is 2.74. The maximum absolute atomic E-state index is 11.2. The molecule has 27 heavy (non-hydrogen) atoms. The summed E-state index contributed by atoms with van der Waals surface area (Å²) in [5.41, 5.74) is 2.32. The Labute approximate surface area is 165 Å². The smallest absolute Gasteiger partial charge is 0.162 e. The van der Waals surface area contributed by atoms with E-state index in [0.717, 1.165) is 12.0 Å². The molecular formula is C25H35NO. The number of ketones is 1. The fourth-order valence-electron chi connectivity index (χ4n) is 3.49. The summed E-state index contributed by atoms with van der Waals surface area (Å²) in [7, 11) is 0. The van der Waals surface area contributed by atoms with Crippen molar-refractivity contribution >= 4 is 5.78 Å². The van der Waals surface area contributed by atoms with Gasteiger partial charge in [-0.3, -0.25) is 4.79 Å². The lowest BCUT2D eigenvalue weighted by molar-refractivity contribution is 0.0981. The minimum Gasteiger partial charge on any atom is -0.303 e. The number of likely N-dealkylation sites (tertiary alicyclic amines) is 1. The molecule has 2 aromatic carbocycles. The van der Waals surface area contributed by atoms with Crippen molar-refractivity contribution < 1.29 is 4.79 Å². The lowest BCUT2D eigenvalue weighted by Gasteiger charge is -2.26. The number of carbonyl (C=O) groups is 1. The maximum atomic E-state index is 11.2. The van der Waals surface area contributed by atoms with Crippen molar-refractivity contribution in [1.29, 1.82) is 0 Å². The van der Waals surface area contributed by atoms with Gasteiger partial charge in [-0.25, -0.2) is 0 Å². The molecule has 146 valence electrons. The van der Waals surface area contributed by atoms with E-state index in [1.165, 1.54) is 63.7 Å². The summed E-state index contributed by atoms with van der Waals surface area (Å²) in [5.74, 6) is 0.244. The van der Waals surface area contributed by atoms with E-state index in [4.69, 9.17) is 0 Å². The van der Waals surface area contributed by atoms with Gasteiger partial charge in [0.15, 0.2) is 5.78 Å². The van der Waals surface area contributed by atoms with Gasteiger partial charge in [0.1, 0.15) is 0 Å². The summed E-state index contributed by atoms with van der Waals surface area (Å²) in [4.78, 5) is 13.9. The van der Waals surface area contributed by atoms with Crippen LogP contribution >= 0.6 is 0 Å². The van der Waals surface area contributed by atoms with Crippen molar-refractivity contribution in [2.75, 3.05) is 19.6 Å². The van der Waals surface area contributed by atoms with Crippen LogP contribution in [0.4, 0.5) is 0 Å². The zero-order chi connectivity index (χ0) is 19.2. The number of Topliss-reactive ketones (excluding diaryl/α,β-unsaturated/α-hetero) is 1. The average molecular weight is 366 g/mol. The Bertz CT molecular complexity index is 617. The fourth-order valence-corrected chi connectivity index (χ4v) is 3.49. The van der Waals surface area contributed by atoms with Crippen LogP contribution in [0.15, 0.2) is 60.7 Å². The molecule has 1 aliphatic heterocycles. The van der Waals surface area contributed by atoms with Crippen molar-refractivity contribution in [1.82, 2.24) is 4.90 Å². The molecule has 0 bridgehead atoms. The van der Waals surface area contributed by atoms with E-state index < -0.39 is 0 Å². The minimum absolute atomic E-state index is 0.244. The predicted molar refractivity (Wildman–Crippen MR) is 115 cm³/mol. The molecule has 0 amide bonds. The van der Waals surface area contributed by atoms with Gasteiger partial charge in [-0.2, -0.15) is 0 Å². The number of hydrogen-bond donors (Lipinski definition) is 0. The van der Waals surface area contributed by atoms with Gasteiger partial charge in [0.25, 0.3) is 0 Å². The van der Waals surface area contributed by atoms with Gasteiger partial charge < -0.3 is 4.90 Å². The van der Waals surface area contributed by atoms with Crippen LogP contribution in [0.25, 0.3) is 0 Å². The molecule has 0 aliphatic carbocycles. The Balaban J connectivity index is 0.000000208. The highest BCUT2D eigenvalue weighted by Crippen LogP contribution is 2.11. The summed E-state index contributed by atoms with van der Waals surface area (Å²) < 4.78 is 0. The number of aryl methyl sites for hydroxylation is 1. The van der Waals surface area contributed by atoms with Crippen LogP contribution in [0.5, 0.6) is 0 Å². The lowest BCUT2D eigenvalue weighted by Crippen LogP contribution is -2.30.